The molecule has 0 radical (unpaired) electrons. The van der Waals surface area contributed by atoms with Crippen molar-refractivity contribution in [2.75, 3.05) is 0 Å². The van der Waals surface area contributed by atoms with Crippen molar-refractivity contribution in [3.8, 4) is 0 Å². The first-order chi connectivity index (χ1) is 5.81. The van der Waals surface area contributed by atoms with Gasteiger partial charge in [0.1, 0.15) is 11.4 Å². The van der Waals surface area contributed by atoms with Crippen LogP contribution in [0.3, 0.4) is 0 Å². The number of hydrogen-bond donors (Lipinski definition) is 0. The van der Waals surface area contributed by atoms with Crippen LogP contribution in [-0.4, -0.2) is 0 Å². The van der Waals surface area contributed by atoms with Gasteiger partial charge in [-0.2, -0.15) is 0 Å². The minimum atomic E-state index is -0.230. The zero-order chi connectivity index (χ0) is 8.55. The Morgan fingerprint density at radius 3 is 3.00 bits per heavy atom. The van der Waals surface area contributed by atoms with Crippen LogP contribution in [-0.2, 0) is 5.33 Å². The first kappa shape index (κ1) is 7.80. The largest absolute Gasteiger partial charge is 0.464 e. The van der Waals surface area contributed by atoms with Crippen LogP contribution in [0.1, 0.15) is 5.56 Å². The molecule has 1 aromatic carbocycles. The van der Waals surface area contributed by atoms with E-state index in [1.54, 1.807) is 12.3 Å². The summed E-state index contributed by atoms with van der Waals surface area (Å²) in [4.78, 5) is 0. The molecule has 2 aromatic rings. The third-order valence-corrected chi connectivity index (χ3v) is 2.36. The van der Waals surface area contributed by atoms with Gasteiger partial charge in [0.15, 0.2) is 0 Å². The number of halogens is 2. The van der Waals surface area contributed by atoms with E-state index >= 15 is 0 Å². The van der Waals surface area contributed by atoms with Gasteiger partial charge >= 0.3 is 0 Å². The predicted octanol–water partition coefficient (Wildman–Crippen LogP) is 3.47. The van der Waals surface area contributed by atoms with Crippen LogP contribution in [0.25, 0.3) is 11.0 Å². The Morgan fingerprint density at radius 1 is 1.42 bits per heavy atom. The van der Waals surface area contributed by atoms with E-state index in [1.807, 2.05) is 0 Å². The molecule has 0 spiro atoms. The van der Waals surface area contributed by atoms with Gasteiger partial charge in [0.25, 0.3) is 0 Å². The molecule has 0 aliphatic heterocycles. The van der Waals surface area contributed by atoms with Crippen molar-refractivity contribution >= 4 is 26.9 Å². The van der Waals surface area contributed by atoms with E-state index in [0.29, 0.717) is 5.33 Å². The summed E-state index contributed by atoms with van der Waals surface area (Å²) in [5.41, 5.74) is 1.70. The fourth-order valence-electron chi connectivity index (χ4n) is 1.16. The van der Waals surface area contributed by atoms with Crippen molar-refractivity contribution in [3.63, 3.8) is 0 Å². The Hall–Kier alpha value is -0.830. The summed E-state index contributed by atoms with van der Waals surface area (Å²) in [6.07, 6.45) is 1.64. The van der Waals surface area contributed by atoms with Gasteiger partial charge in [-0.15, -0.1) is 0 Å². The fraction of sp³-hybridized carbons (Fsp3) is 0.111. The van der Waals surface area contributed by atoms with Crippen molar-refractivity contribution in [1.29, 1.82) is 0 Å². The van der Waals surface area contributed by atoms with Gasteiger partial charge in [-0.25, -0.2) is 4.39 Å². The van der Waals surface area contributed by atoms with Gasteiger partial charge in [0, 0.05) is 16.3 Å². The molecule has 2 rings (SSSR count). The second-order valence-electron chi connectivity index (χ2n) is 2.54. The van der Waals surface area contributed by atoms with Crippen molar-refractivity contribution in [2.24, 2.45) is 0 Å². The van der Waals surface area contributed by atoms with E-state index in [2.05, 4.69) is 15.9 Å². The van der Waals surface area contributed by atoms with Crippen molar-refractivity contribution in [3.05, 3.63) is 35.8 Å². The van der Waals surface area contributed by atoms with Crippen molar-refractivity contribution < 1.29 is 8.81 Å². The zero-order valence-corrected chi connectivity index (χ0v) is 7.77. The van der Waals surface area contributed by atoms with Gasteiger partial charge in [-0.05, 0) is 18.2 Å². The monoisotopic (exact) mass is 228 g/mol. The van der Waals surface area contributed by atoms with E-state index in [9.17, 15) is 4.39 Å². The number of furan rings is 1. The first-order valence-electron chi connectivity index (χ1n) is 3.53. The molecule has 0 N–H and O–H groups in total. The van der Waals surface area contributed by atoms with E-state index < -0.39 is 0 Å². The lowest BCUT2D eigenvalue weighted by atomic mass is 10.2. The number of alkyl halides is 1. The maximum absolute atomic E-state index is 12.8. The standard InChI is InChI=1S/C9H6BrFO/c10-4-6-5-12-9-2-1-7(11)3-8(6)9/h1-3,5H,4H2. The molecule has 1 nitrogen and oxygen atoms in total. The fourth-order valence-corrected chi connectivity index (χ4v) is 1.59. The summed E-state index contributed by atoms with van der Waals surface area (Å²) in [5.74, 6) is -0.230. The molecular weight excluding hydrogens is 223 g/mol. The highest BCUT2D eigenvalue weighted by atomic mass is 79.9. The first-order valence-corrected chi connectivity index (χ1v) is 4.65. The SMILES string of the molecule is Fc1ccc2occ(CBr)c2c1. The van der Waals surface area contributed by atoms with Crippen LogP contribution in [0.5, 0.6) is 0 Å². The highest BCUT2D eigenvalue weighted by molar-refractivity contribution is 9.08. The molecular formula is C9H6BrFO. The summed E-state index contributed by atoms with van der Waals surface area (Å²) in [6.45, 7) is 0. The Morgan fingerprint density at radius 2 is 2.25 bits per heavy atom. The Kier molecular flexibility index (Phi) is 1.89. The summed E-state index contributed by atoms with van der Waals surface area (Å²) in [6, 6.07) is 4.51. The minimum absolute atomic E-state index is 0.230. The Bertz CT molecular complexity index is 408. The van der Waals surface area contributed by atoms with Gasteiger partial charge in [-0.1, -0.05) is 15.9 Å². The highest BCUT2D eigenvalue weighted by Crippen LogP contribution is 2.23. The van der Waals surface area contributed by atoms with E-state index in [4.69, 9.17) is 4.42 Å². The molecule has 0 amide bonds. The number of benzene rings is 1. The maximum Gasteiger partial charge on any atom is 0.134 e. The van der Waals surface area contributed by atoms with E-state index in [0.717, 1.165) is 16.5 Å². The number of fused-ring (bicyclic) bond motifs is 1. The molecule has 0 atom stereocenters. The molecule has 0 fully saturated rings. The molecule has 0 aliphatic rings. The van der Waals surface area contributed by atoms with Gasteiger partial charge < -0.3 is 4.42 Å². The van der Waals surface area contributed by atoms with E-state index in [-0.39, 0.29) is 5.82 Å². The molecule has 12 heavy (non-hydrogen) atoms. The van der Waals surface area contributed by atoms with Gasteiger partial charge in [0.2, 0.25) is 0 Å². The zero-order valence-electron chi connectivity index (χ0n) is 6.18. The smallest absolute Gasteiger partial charge is 0.134 e. The summed E-state index contributed by atoms with van der Waals surface area (Å²) >= 11 is 3.30. The maximum atomic E-state index is 12.8. The Labute approximate surface area is 77.3 Å². The number of rotatable bonds is 1. The van der Waals surface area contributed by atoms with Gasteiger partial charge in [-0.3, -0.25) is 0 Å². The molecule has 0 unspecified atom stereocenters. The van der Waals surface area contributed by atoms with Gasteiger partial charge in [0.05, 0.1) is 6.26 Å². The molecule has 0 saturated carbocycles. The topological polar surface area (TPSA) is 13.1 Å². The van der Waals surface area contributed by atoms with E-state index in [1.165, 1.54) is 12.1 Å². The summed E-state index contributed by atoms with van der Waals surface area (Å²) in [5, 5.41) is 1.52. The van der Waals surface area contributed by atoms with Crippen LogP contribution < -0.4 is 0 Å². The second kappa shape index (κ2) is 2.90. The lowest BCUT2D eigenvalue weighted by molar-refractivity contribution is 0.607. The molecule has 1 heterocycles. The normalized spacial score (nSPS) is 10.8. The van der Waals surface area contributed by atoms with Crippen LogP contribution in [0.15, 0.2) is 28.9 Å². The van der Waals surface area contributed by atoms with Crippen molar-refractivity contribution in [1.82, 2.24) is 0 Å². The van der Waals surface area contributed by atoms with Crippen LogP contribution in [0.4, 0.5) is 4.39 Å². The average molecular weight is 229 g/mol. The summed E-state index contributed by atoms with van der Waals surface area (Å²) in [7, 11) is 0. The lowest BCUT2D eigenvalue weighted by Crippen LogP contribution is -1.75. The molecule has 0 aliphatic carbocycles. The van der Waals surface area contributed by atoms with Crippen LogP contribution in [0, 0.1) is 5.82 Å². The molecule has 3 heteroatoms. The van der Waals surface area contributed by atoms with Crippen LogP contribution >= 0.6 is 15.9 Å². The third kappa shape index (κ3) is 1.14. The lowest BCUT2D eigenvalue weighted by Gasteiger charge is -1.90. The number of hydrogen-bond acceptors (Lipinski definition) is 1. The van der Waals surface area contributed by atoms with Crippen LogP contribution in [0.2, 0.25) is 0 Å². The molecule has 0 bridgehead atoms. The third-order valence-electron chi connectivity index (χ3n) is 1.76. The Balaban J connectivity index is 2.75. The average Bonchev–Trinajstić information content (AvgIpc) is 2.46. The second-order valence-corrected chi connectivity index (χ2v) is 3.10. The molecule has 0 saturated heterocycles. The van der Waals surface area contributed by atoms with Crippen molar-refractivity contribution in [2.45, 2.75) is 5.33 Å². The quantitative estimate of drug-likeness (QED) is 0.682. The minimum Gasteiger partial charge on any atom is -0.464 e. The molecule has 1 aromatic heterocycles. The predicted molar refractivity (Wildman–Crippen MR) is 48.8 cm³/mol. The summed E-state index contributed by atoms with van der Waals surface area (Å²) < 4.78 is 18.0. The highest BCUT2D eigenvalue weighted by Gasteiger charge is 2.04. The molecule has 62 valence electrons.